The SMILES string of the molecule is CCCc1nc2ccccc2n1[C@H](C)C(=O)N(C)Cc1cc(C2CC2)n[nH]1. The number of amides is 1. The number of para-hydroxylation sites is 2. The van der Waals surface area contributed by atoms with E-state index in [0.717, 1.165) is 41.1 Å². The minimum absolute atomic E-state index is 0.0816. The fourth-order valence-electron chi connectivity index (χ4n) is 3.74. The molecule has 1 fully saturated rings. The second-order valence-corrected chi connectivity index (χ2v) is 7.60. The Hall–Kier alpha value is -2.63. The largest absolute Gasteiger partial charge is 0.338 e. The number of fused-ring (bicyclic) bond motifs is 1. The number of carbonyl (C=O) groups excluding carboxylic acids is 1. The fourth-order valence-corrected chi connectivity index (χ4v) is 3.74. The molecule has 0 bridgehead atoms. The molecule has 1 aliphatic rings. The molecule has 1 N–H and O–H groups in total. The highest BCUT2D eigenvalue weighted by Crippen LogP contribution is 2.39. The lowest BCUT2D eigenvalue weighted by molar-refractivity contribution is -0.133. The topological polar surface area (TPSA) is 66.8 Å². The number of aromatic amines is 1. The van der Waals surface area contributed by atoms with Crippen molar-refractivity contribution in [3.63, 3.8) is 0 Å². The number of H-pyrrole nitrogens is 1. The Morgan fingerprint density at radius 3 is 2.89 bits per heavy atom. The molecule has 0 aliphatic heterocycles. The maximum atomic E-state index is 13.1. The average molecular weight is 365 g/mol. The van der Waals surface area contributed by atoms with Gasteiger partial charge in [0.25, 0.3) is 0 Å². The van der Waals surface area contributed by atoms with E-state index in [4.69, 9.17) is 4.98 Å². The van der Waals surface area contributed by atoms with E-state index >= 15 is 0 Å². The van der Waals surface area contributed by atoms with E-state index in [1.807, 2.05) is 38.2 Å². The van der Waals surface area contributed by atoms with Gasteiger partial charge in [-0.05, 0) is 44.4 Å². The number of carbonyl (C=O) groups is 1. The van der Waals surface area contributed by atoms with Crippen LogP contribution in [0.25, 0.3) is 11.0 Å². The van der Waals surface area contributed by atoms with E-state index in [0.29, 0.717) is 12.5 Å². The Bertz CT molecular complexity index is 953. The standard InChI is InChI=1S/C21H27N5O/c1-4-7-20-22-17-8-5-6-9-19(17)26(20)14(2)21(27)25(3)13-16-12-18(24-23-16)15-10-11-15/h5-6,8-9,12,14-15H,4,7,10-11,13H2,1-3H3,(H,23,24)/t14-/m1/s1. The number of imidazole rings is 1. The van der Waals surface area contributed by atoms with E-state index < -0.39 is 0 Å². The molecule has 1 amide bonds. The third kappa shape index (κ3) is 3.48. The number of hydrogen-bond acceptors (Lipinski definition) is 3. The van der Waals surface area contributed by atoms with Gasteiger partial charge in [0.2, 0.25) is 5.91 Å². The summed E-state index contributed by atoms with van der Waals surface area (Å²) in [5.41, 5.74) is 4.09. The lowest BCUT2D eigenvalue weighted by Crippen LogP contribution is -2.33. The van der Waals surface area contributed by atoms with E-state index in [9.17, 15) is 4.79 Å². The van der Waals surface area contributed by atoms with Crippen molar-refractivity contribution >= 4 is 16.9 Å². The van der Waals surface area contributed by atoms with Crippen LogP contribution in [-0.4, -0.2) is 37.6 Å². The van der Waals surface area contributed by atoms with Crippen molar-refractivity contribution in [2.45, 2.75) is 58.0 Å². The first-order valence-electron chi connectivity index (χ1n) is 9.83. The van der Waals surface area contributed by atoms with Crippen LogP contribution in [0.15, 0.2) is 30.3 Å². The van der Waals surface area contributed by atoms with E-state index in [1.165, 1.54) is 12.8 Å². The summed E-state index contributed by atoms with van der Waals surface area (Å²) in [6.07, 6.45) is 4.31. The number of likely N-dealkylation sites (N-methyl/N-ethyl adjacent to an activating group) is 1. The molecule has 1 atom stereocenters. The summed E-state index contributed by atoms with van der Waals surface area (Å²) in [5, 5.41) is 7.47. The highest BCUT2D eigenvalue weighted by Gasteiger charge is 2.27. The Morgan fingerprint density at radius 1 is 1.37 bits per heavy atom. The van der Waals surface area contributed by atoms with Gasteiger partial charge >= 0.3 is 0 Å². The van der Waals surface area contributed by atoms with Crippen LogP contribution in [0.5, 0.6) is 0 Å². The van der Waals surface area contributed by atoms with Crippen LogP contribution in [-0.2, 0) is 17.8 Å². The van der Waals surface area contributed by atoms with Gasteiger partial charge in [0.15, 0.2) is 0 Å². The normalized spacial score (nSPS) is 15.2. The predicted octanol–water partition coefficient (Wildman–Crippen LogP) is 3.81. The van der Waals surface area contributed by atoms with Gasteiger partial charge < -0.3 is 9.47 Å². The maximum absolute atomic E-state index is 13.1. The van der Waals surface area contributed by atoms with Crippen molar-refractivity contribution in [1.29, 1.82) is 0 Å². The van der Waals surface area contributed by atoms with Crippen LogP contribution in [0.1, 0.15) is 62.3 Å². The van der Waals surface area contributed by atoms with Crippen molar-refractivity contribution in [2.75, 3.05) is 7.05 Å². The van der Waals surface area contributed by atoms with Gasteiger partial charge in [-0.25, -0.2) is 4.98 Å². The average Bonchev–Trinajstić information content (AvgIpc) is 3.31. The van der Waals surface area contributed by atoms with Gasteiger partial charge in [0, 0.05) is 19.4 Å². The van der Waals surface area contributed by atoms with Crippen LogP contribution >= 0.6 is 0 Å². The molecule has 142 valence electrons. The van der Waals surface area contributed by atoms with E-state index in [1.54, 1.807) is 4.90 Å². The summed E-state index contributed by atoms with van der Waals surface area (Å²) < 4.78 is 2.10. The Balaban J connectivity index is 1.55. The van der Waals surface area contributed by atoms with Gasteiger partial charge in [0.05, 0.1) is 29.0 Å². The molecule has 6 nitrogen and oxygen atoms in total. The fraction of sp³-hybridized carbons (Fsp3) is 0.476. The second-order valence-electron chi connectivity index (χ2n) is 7.60. The second kappa shape index (κ2) is 7.18. The number of rotatable bonds is 7. The van der Waals surface area contributed by atoms with E-state index in [2.05, 4.69) is 27.8 Å². The molecule has 0 saturated heterocycles. The molecule has 0 radical (unpaired) electrons. The quantitative estimate of drug-likeness (QED) is 0.692. The minimum Gasteiger partial charge on any atom is -0.338 e. The lowest BCUT2D eigenvalue weighted by Gasteiger charge is -2.23. The molecule has 1 aliphatic carbocycles. The molecule has 1 aromatic carbocycles. The highest BCUT2D eigenvalue weighted by molar-refractivity contribution is 5.84. The molecule has 6 heteroatoms. The molecular formula is C21H27N5O. The van der Waals surface area contributed by atoms with Crippen LogP contribution in [0.4, 0.5) is 0 Å². The first-order chi connectivity index (χ1) is 13.1. The number of aryl methyl sites for hydroxylation is 1. The molecule has 27 heavy (non-hydrogen) atoms. The summed E-state index contributed by atoms with van der Waals surface area (Å²) >= 11 is 0. The zero-order valence-electron chi connectivity index (χ0n) is 16.3. The maximum Gasteiger partial charge on any atom is 0.245 e. The minimum atomic E-state index is -0.297. The Kier molecular flexibility index (Phi) is 4.72. The van der Waals surface area contributed by atoms with Gasteiger partial charge in [-0.1, -0.05) is 19.1 Å². The molecule has 2 heterocycles. The van der Waals surface area contributed by atoms with Crippen molar-refractivity contribution in [1.82, 2.24) is 24.6 Å². The molecule has 3 aromatic rings. The van der Waals surface area contributed by atoms with Crippen molar-refractivity contribution in [3.8, 4) is 0 Å². The number of benzene rings is 1. The van der Waals surface area contributed by atoms with Crippen LogP contribution in [0.3, 0.4) is 0 Å². The summed E-state index contributed by atoms with van der Waals surface area (Å²) in [5.74, 6) is 1.67. The van der Waals surface area contributed by atoms with E-state index in [-0.39, 0.29) is 11.9 Å². The third-order valence-electron chi connectivity index (χ3n) is 5.32. The molecule has 1 saturated carbocycles. The number of hydrogen-bond donors (Lipinski definition) is 1. The van der Waals surface area contributed by atoms with Gasteiger partial charge in [-0.2, -0.15) is 5.10 Å². The zero-order valence-corrected chi connectivity index (χ0v) is 16.3. The van der Waals surface area contributed by atoms with Crippen molar-refractivity contribution in [2.24, 2.45) is 0 Å². The summed E-state index contributed by atoms with van der Waals surface area (Å²) in [4.78, 5) is 19.7. The molecular weight excluding hydrogens is 338 g/mol. The Labute approximate surface area is 159 Å². The number of aromatic nitrogens is 4. The first kappa shape index (κ1) is 17.8. The summed E-state index contributed by atoms with van der Waals surface area (Å²) in [6.45, 7) is 4.64. The lowest BCUT2D eigenvalue weighted by atomic mass is 10.2. The smallest absolute Gasteiger partial charge is 0.245 e. The molecule has 4 rings (SSSR count). The van der Waals surface area contributed by atoms with Crippen LogP contribution < -0.4 is 0 Å². The van der Waals surface area contributed by atoms with Crippen LogP contribution in [0.2, 0.25) is 0 Å². The van der Waals surface area contributed by atoms with Crippen LogP contribution in [0, 0.1) is 0 Å². The zero-order chi connectivity index (χ0) is 19.0. The Morgan fingerprint density at radius 2 is 2.15 bits per heavy atom. The summed E-state index contributed by atoms with van der Waals surface area (Å²) in [7, 11) is 1.86. The van der Waals surface area contributed by atoms with Gasteiger partial charge in [0.1, 0.15) is 11.9 Å². The van der Waals surface area contributed by atoms with Crippen molar-refractivity contribution in [3.05, 3.63) is 47.5 Å². The van der Waals surface area contributed by atoms with Crippen molar-refractivity contribution < 1.29 is 4.79 Å². The van der Waals surface area contributed by atoms with Gasteiger partial charge in [-0.15, -0.1) is 0 Å². The molecule has 2 aromatic heterocycles. The van der Waals surface area contributed by atoms with Gasteiger partial charge in [-0.3, -0.25) is 9.89 Å². The monoisotopic (exact) mass is 365 g/mol. The number of nitrogens with zero attached hydrogens (tertiary/aromatic N) is 4. The summed E-state index contributed by atoms with van der Waals surface area (Å²) in [6, 6.07) is 9.85. The number of nitrogens with one attached hydrogen (secondary N) is 1. The first-order valence-corrected chi connectivity index (χ1v) is 9.83. The third-order valence-corrected chi connectivity index (χ3v) is 5.32. The highest BCUT2D eigenvalue weighted by atomic mass is 16.2. The molecule has 0 unspecified atom stereocenters. The molecule has 0 spiro atoms. The predicted molar refractivity (Wildman–Crippen MR) is 105 cm³/mol.